The number of primary amides is 1. The van der Waals surface area contributed by atoms with E-state index in [0.29, 0.717) is 11.8 Å². The molecule has 0 aromatic carbocycles. The Bertz CT molecular complexity index is 247. The molecule has 0 spiro atoms. The average molecular weight is 240 g/mol. The number of hydrogen-bond donors (Lipinski definition) is 2. The Labute approximate surface area is 106 Å². The van der Waals surface area contributed by atoms with Gasteiger partial charge in [0.25, 0.3) is 0 Å². The van der Waals surface area contributed by atoms with E-state index in [1.165, 1.54) is 12.8 Å². The minimum atomic E-state index is -0.495. The molecule has 17 heavy (non-hydrogen) atoms. The second-order valence-corrected chi connectivity index (χ2v) is 6.47. The van der Waals surface area contributed by atoms with Gasteiger partial charge in [-0.05, 0) is 50.0 Å². The minimum Gasteiger partial charge on any atom is -0.368 e. The van der Waals surface area contributed by atoms with Crippen LogP contribution in [-0.2, 0) is 4.79 Å². The molecule has 1 rings (SSSR count). The van der Waals surface area contributed by atoms with Crippen molar-refractivity contribution < 1.29 is 4.79 Å². The van der Waals surface area contributed by atoms with Crippen molar-refractivity contribution in [2.24, 2.45) is 23.5 Å². The normalized spacial score (nSPS) is 16.8. The van der Waals surface area contributed by atoms with Crippen LogP contribution in [0.5, 0.6) is 0 Å². The maximum Gasteiger partial charge on any atom is 0.237 e. The van der Waals surface area contributed by atoms with E-state index in [4.69, 9.17) is 5.73 Å². The fourth-order valence-electron chi connectivity index (χ4n) is 2.57. The molecule has 0 bridgehead atoms. The van der Waals surface area contributed by atoms with E-state index in [1.807, 2.05) is 0 Å². The van der Waals surface area contributed by atoms with Crippen LogP contribution in [0, 0.1) is 17.8 Å². The zero-order valence-corrected chi connectivity index (χ0v) is 11.8. The number of amides is 1. The molecule has 0 atom stereocenters. The fraction of sp³-hybridized carbons (Fsp3) is 0.929. The summed E-state index contributed by atoms with van der Waals surface area (Å²) in [6, 6.07) is 0. The zero-order valence-electron chi connectivity index (χ0n) is 11.8. The van der Waals surface area contributed by atoms with Gasteiger partial charge in [-0.2, -0.15) is 0 Å². The van der Waals surface area contributed by atoms with E-state index in [2.05, 4.69) is 33.0 Å². The van der Waals surface area contributed by atoms with Crippen molar-refractivity contribution >= 4 is 5.91 Å². The van der Waals surface area contributed by atoms with Crippen LogP contribution >= 0.6 is 0 Å². The second kappa shape index (κ2) is 5.85. The summed E-state index contributed by atoms with van der Waals surface area (Å²) in [5, 5.41) is 3.48. The van der Waals surface area contributed by atoms with Crippen LogP contribution in [0.25, 0.3) is 0 Å². The third-order valence-corrected chi connectivity index (χ3v) is 3.41. The summed E-state index contributed by atoms with van der Waals surface area (Å²) in [7, 11) is 0. The number of hydrogen-bond acceptors (Lipinski definition) is 2. The standard InChI is InChI=1S/C14H28N2O/c1-10(2)7-14(13(15)17,8-11(3)4)16-9-12-5-6-12/h10-12,16H,5-9H2,1-4H3,(H2,15,17). The first-order chi connectivity index (χ1) is 7.85. The maximum absolute atomic E-state index is 11.9. The van der Waals surface area contributed by atoms with Crippen molar-refractivity contribution in [3.8, 4) is 0 Å². The van der Waals surface area contributed by atoms with Crippen molar-refractivity contribution in [2.75, 3.05) is 6.54 Å². The Morgan fingerprint density at radius 1 is 1.24 bits per heavy atom. The highest BCUT2D eigenvalue weighted by molar-refractivity contribution is 5.84. The van der Waals surface area contributed by atoms with Gasteiger partial charge in [-0.25, -0.2) is 0 Å². The molecule has 1 saturated carbocycles. The van der Waals surface area contributed by atoms with Gasteiger partial charge < -0.3 is 11.1 Å². The third-order valence-electron chi connectivity index (χ3n) is 3.41. The quantitative estimate of drug-likeness (QED) is 0.684. The Hall–Kier alpha value is -0.570. The number of rotatable bonds is 8. The molecule has 0 aromatic heterocycles. The second-order valence-electron chi connectivity index (χ2n) is 6.47. The molecule has 0 unspecified atom stereocenters. The lowest BCUT2D eigenvalue weighted by atomic mass is 9.81. The zero-order chi connectivity index (χ0) is 13.1. The van der Waals surface area contributed by atoms with E-state index < -0.39 is 5.54 Å². The molecule has 0 aromatic rings. The Morgan fingerprint density at radius 3 is 2.00 bits per heavy atom. The number of nitrogens with two attached hydrogens (primary N) is 1. The largest absolute Gasteiger partial charge is 0.368 e. The van der Waals surface area contributed by atoms with Gasteiger partial charge in [0.15, 0.2) is 0 Å². The van der Waals surface area contributed by atoms with Crippen molar-refractivity contribution in [1.82, 2.24) is 5.32 Å². The molecule has 0 heterocycles. The first kappa shape index (κ1) is 14.5. The molecule has 1 aliphatic carbocycles. The summed E-state index contributed by atoms with van der Waals surface area (Å²) in [6.45, 7) is 9.55. The number of nitrogens with one attached hydrogen (secondary N) is 1. The highest BCUT2D eigenvalue weighted by Gasteiger charge is 2.38. The highest BCUT2D eigenvalue weighted by Crippen LogP contribution is 2.31. The van der Waals surface area contributed by atoms with E-state index >= 15 is 0 Å². The van der Waals surface area contributed by atoms with Crippen LogP contribution in [0.4, 0.5) is 0 Å². The summed E-state index contributed by atoms with van der Waals surface area (Å²) < 4.78 is 0. The predicted molar refractivity (Wildman–Crippen MR) is 71.6 cm³/mol. The molecule has 3 nitrogen and oxygen atoms in total. The van der Waals surface area contributed by atoms with Crippen molar-refractivity contribution in [1.29, 1.82) is 0 Å². The SMILES string of the molecule is CC(C)CC(CC(C)C)(NCC1CC1)C(N)=O. The van der Waals surface area contributed by atoms with Crippen molar-refractivity contribution in [3.05, 3.63) is 0 Å². The third kappa shape index (κ3) is 4.66. The highest BCUT2D eigenvalue weighted by atomic mass is 16.1. The lowest BCUT2D eigenvalue weighted by molar-refractivity contribution is -0.126. The van der Waals surface area contributed by atoms with Crippen molar-refractivity contribution in [3.63, 3.8) is 0 Å². The van der Waals surface area contributed by atoms with Crippen LogP contribution < -0.4 is 11.1 Å². The average Bonchev–Trinajstić information content (AvgIpc) is 2.95. The van der Waals surface area contributed by atoms with Gasteiger partial charge >= 0.3 is 0 Å². The Morgan fingerprint density at radius 2 is 1.71 bits per heavy atom. The monoisotopic (exact) mass is 240 g/mol. The molecule has 0 aliphatic heterocycles. The van der Waals surface area contributed by atoms with Crippen LogP contribution in [0.1, 0.15) is 53.4 Å². The van der Waals surface area contributed by atoms with Gasteiger partial charge in [-0.1, -0.05) is 27.7 Å². The van der Waals surface area contributed by atoms with Gasteiger partial charge in [0.2, 0.25) is 5.91 Å². The van der Waals surface area contributed by atoms with E-state index in [0.717, 1.165) is 25.3 Å². The molecule has 3 N–H and O–H groups in total. The van der Waals surface area contributed by atoms with Crippen molar-refractivity contribution in [2.45, 2.75) is 58.9 Å². The lowest BCUT2D eigenvalue weighted by Gasteiger charge is -2.35. The summed E-state index contributed by atoms with van der Waals surface area (Å²) in [5.74, 6) is 1.55. The van der Waals surface area contributed by atoms with Gasteiger partial charge in [0.1, 0.15) is 0 Å². The van der Waals surface area contributed by atoms with Crippen LogP contribution in [0.15, 0.2) is 0 Å². The first-order valence-corrected chi connectivity index (χ1v) is 6.90. The van der Waals surface area contributed by atoms with Gasteiger partial charge in [-0.3, -0.25) is 4.79 Å². The van der Waals surface area contributed by atoms with E-state index in [1.54, 1.807) is 0 Å². The molecule has 100 valence electrons. The molecule has 1 fully saturated rings. The summed E-state index contributed by atoms with van der Waals surface area (Å²) in [6.07, 6.45) is 4.27. The number of carbonyl (C=O) groups excluding carboxylic acids is 1. The molecule has 3 heteroatoms. The molecule has 0 radical (unpaired) electrons. The minimum absolute atomic E-state index is 0.180. The molecule has 1 aliphatic rings. The van der Waals surface area contributed by atoms with Gasteiger partial charge in [0.05, 0.1) is 5.54 Å². The van der Waals surface area contributed by atoms with Crippen LogP contribution in [-0.4, -0.2) is 18.0 Å². The number of carbonyl (C=O) groups is 1. The molecule has 1 amide bonds. The Kier molecular flexibility index (Phi) is 4.99. The van der Waals surface area contributed by atoms with E-state index in [9.17, 15) is 4.79 Å². The summed E-state index contributed by atoms with van der Waals surface area (Å²) in [5.41, 5.74) is 5.18. The van der Waals surface area contributed by atoms with Crippen LogP contribution in [0.2, 0.25) is 0 Å². The van der Waals surface area contributed by atoms with E-state index in [-0.39, 0.29) is 5.91 Å². The maximum atomic E-state index is 11.9. The predicted octanol–water partition coefficient (Wildman–Crippen LogP) is 2.30. The van der Waals surface area contributed by atoms with Crippen LogP contribution in [0.3, 0.4) is 0 Å². The summed E-state index contributed by atoms with van der Waals surface area (Å²) in [4.78, 5) is 11.9. The molecular formula is C14H28N2O. The van der Waals surface area contributed by atoms with Gasteiger partial charge in [-0.15, -0.1) is 0 Å². The van der Waals surface area contributed by atoms with Gasteiger partial charge in [0, 0.05) is 0 Å². The first-order valence-electron chi connectivity index (χ1n) is 6.90. The lowest BCUT2D eigenvalue weighted by Crippen LogP contribution is -2.57. The molecular weight excluding hydrogens is 212 g/mol. The topological polar surface area (TPSA) is 55.1 Å². The Balaban J connectivity index is 2.70. The fourth-order valence-corrected chi connectivity index (χ4v) is 2.57. The smallest absolute Gasteiger partial charge is 0.237 e. The molecule has 0 saturated heterocycles. The summed E-state index contributed by atoms with van der Waals surface area (Å²) >= 11 is 0.